The highest BCUT2D eigenvalue weighted by atomic mass is 32.1. The van der Waals surface area contributed by atoms with Gasteiger partial charge in [0.1, 0.15) is 5.01 Å². The summed E-state index contributed by atoms with van der Waals surface area (Å²) in [7, 11) is 0. The Morgan fingerprint density at radius 2 is 0.875 bits per heavy atom. The minimum absolute atomic E-state index is 0.600. The lowest BCUT2D eigenvalue weighted by molar-refractivity contribution is 1.08. The van der Waals surface area contributed by atoms with Gasteiger partial charge in [-0.1, -0.05) is 158 Å². The number of rotatable bonds is 6. The van der Waals surface area contributed by atoms with Crippen LogP contribution in [0.25, 0.3) is 126 Å². The monoisotopic (exact) mass is 833 g/mol. The quantitative estimate of drug-likeness (QED) is 0.157. The third kappa shape index (κ3) is 5.92. The summed E-state index contributed by atoms with van der Waals surface area (Å²) in [6, 6.07) is 75.1. The van der Waals surface area contributed by atoms with Crippen LogP contribution in [0.2, 0.25) is 0 Å². The Labute approximate surface area is 372 Å². The van der Waals surface area contributed by atoms with Gasteiger partial charge in [-0.2, -0.15) is 0 Å². The topological polar surface area (TPSA) is 56.5 Å². The summed E-state index contributed by atoms with van der Waals surface area (Å²) in [6.07, 6.45) is 0. The molecular formula is C58H35N5S. The van der Waals surface area contributed by atoms with E-state index in [1.165, 1.54) is 37.9 Å². The van der Waals surface area contributed by atoms with Crippen molar-refractivity contribution in [3.63, 3.8) is 0 Å². The molecule has 0 aliphatic heterocycles. The van der Waals surface area contributed by atoms with Crippen molar-refractivity contribution in [3.05, 3.63) is 212 Å². The summed E-state index contributed by atoms with van der Waals surface area (Å²) in [6.45, 7) is 0. The van der Waals surface area contributed by atoms with Crippen LogP contribution in [0.1, 0.15) is 0 Å². The van der Waals surface area contributed by atoms with Gasteiger partial charge in [-0.25, -0.2) is 19.9 Å². The SMILES string of the molecule is c1ccc(-c2nc(-c3ccc4sc(-c5cccc(-c6ccc7c8ccccc8c8ccccc8c7c6)c5)nc4c3)nc(-c3cccc4c3c3ccccc3n4-c3ccccc3)n2)cc1. The lowest BCUT2D eigenvalue weighted by atomic mass is 9.92. The molecule has 3 heterocycles. The van der Waals surface area contributed by atoms with Gasteiger partial charge in [-0.3, -0.25) is 0 Å². The molecule has 0 atom stereocenters. The molecule has 64 heavy (non-hydrogen) atoms. The summed E-state index contributed by atoms with van der Waals surface area (Å²) in [5.41, 5.74) is 10.4. The van der Waals surface area contributed by atoms with Gasteiger partial charge in [0.2, 0.25) is 0 Å². The van der Waals surface area contributed by atoms with E-state index in [4.69, 9.17) is 19.9 Å². The molecule has 0 bridgehead atoms. The predicted octanol–water partition coefficient (Wildman–Crippen LogP) is 15.4. The molecule has 0 radical (unpaired) electrons. The molecule has 0 aliphatic carbocycles. The summed E-state index contributed by atoms with van der Waals surface area (Å²) >= 11 is 1.70. The lowest BCUT2D eigenvalue weighted by Gasteiger charge is -2.12. The van der Waals surface area contributed by atoms with Gasteiger partial charge in [0.15, 0.2) is 17.5 Å². The second-order valence-corrected chi connectivity index (χ2v) is 17.2. The first-order valence-corrected chi connectivity index (χ1v) is 22.3. The Bertz CT molecular complexity index is 3930. The molecule has 5 nitrogen and oxygen atoms in total. The van der Waals surface area contributed by atoms with Gasteiger partial charge in [0.25, 0.3) is 0 Å². The molecule has 3 aromatic heterocycles. The molecule has 0 saturated carbocycles. The first-order chi connectivity index (χ1) is 31.7. The Kier molecular flexibility index (Phi) is 8.32. The Morgan fingerprint density at radius 3 is 1.64 bits per heavy atom. The molecule has 13 rings (SSSR count). The summed E-state index contributed by atoms with van der Waals surface area (Å²) < 4.78 is 3.42. The molecule has 0 N–H and O–H groups in total. The molecule has 0 aliphatic rings. The minimum Gasteiger partial charge on any atom is -0.309 e. The van der Waals surface area contributed by atoms with E-state index in [1.54, 1.807) is 11.3 Å². The summed E-state index contributed by atoms with van der Waals surface area (Å²) in [5, 5.41) is 10.8. The minimum atomic E-state index is 0.600. The van der Waals surface area contributed by atoms with Gasteiger partial charge < -0.3 is 4.57 Å². The van der Waals surface area contributed by atoms with Crippen molar-refractivity contribution in [1.29, 1.82) is 0 Å². The van der Waals surface area contributed by atoms with Crippen molar-refractivity contribution in [1.82, 2.24) is 24.5 Å². The zero-order valence-electron chi connectivity index (χ0n) is 34.4. The second-order valence-electron chi connectivity index (χ2n) is 16.2. The second kappa shape index (κ2) is 14.7. The Morgan fingerprint density at radius 1 is 0.328 bits per heavy atom. The number of fused-ring (bicyclic) bond motifs is 10. The van der Waals surface area contributed by atoms with E-state index in [-0.39, 0.29) is 0 Å². The molecule has 298 valence electrons. The first kappa shape index (κ1) is 36.3. The fraction of sp³-hybridized carbons (Fsp3) is 0. The van der Waals surface area contributed by atoms with E-state index in [0.29, 0.717) is 17.5 Å². The number of aromatic nitrogens is 5. The van der Waals surface area contributed by atoms with Crippen LogP contribution in [0, 0.1) is 0 Å². The van der Waals surface area contributed by atoms with E-state index in [1.807, 2.05) is 18.2 Å². The maximum Gasteiger partial charge on any atom is 0.164 e. The Balaban J connectivity index is 0.916. The van der Waals surface area contributed by atoms with Crippen LogP contribution in [0.5, 0.6) is 0 Å². The Hall–Kier alpha value is -8.32. The number of para-hydroxylation sites is 2. The zero-order valence-corrected chi connectivity index (χ0v) is 35.2. The normalized spacial score (nSPS) is 11.8. The lowest BCUT2D eigenvalue weighted by Crippen LogP contribution is -2.00. The zero-order chi connectivity index (χ0) is 42.1. The van der Waals surface area contributed by atoms with Crippen molar-refractivity contribution >= 4 is 75.7 Å². The number of nitrogens with zero attached hydrogens (tertiary/aromatic N) is 5. The van der Waals surface area contributed by atoms with Gasteiger partial charge in [0.05, 0.1) is 21.3 Å². The van der Waals surface area contributed by atoms with E-state index < -0.39 is 0 Å². The van der Waals surface area contributed by atoms with Gasteiger partial charge in [-0.05, 0) is 98.0 Å². The van der Waals surface area contributed by atoms with E-state index in [2.05, 4.69) is 199 Å². The molecule has 0 amide bonds. The summed E-state index contributed by atoms with van der Waals surface area (Å²) in [5.74, 6) is 1.84. The number of hydrogen-bond acceptors (Lipinski definition) is 5. The van der Waals surface area contributed by atoms with Crippen molar-refractivity contribution < 1.29 is 0 Å². The smallest absolute Gasteiger partial charge is 0.164 e. The summed E-state index contributed by atoms with van der Waals surface area (Å²) in [4.78, 5) is 20.8. The van der Waals surface area contributed by atoms with Crippen molar-refractivity contribution in [2.75, 3.05) is 0 Å². The van der Waals surface area contributed by atoms with Crippen LogP contribution in [-0.4, -0.2) is 24.5 Å². The van der Waals surface area contributed by atoms with Gasteiger partial charge >= 0.3 is 0 Å². The van der Waals surface area contributed by atoms with Crippen LogP contribution in [0.4, 0.5) is 0 Å². The maximum atomic E-state index is 5.26. The van der Waals surface area contributed by atoms with Gasteiger partial charge in [-0.15, -0.1) is 11.3 Å². The molecule has 13 aromatic rings. The third-order valence-electron chi connectivity index (χ3n) is 12.5. The highest BCUT2D eigenvalue weighted by molar-refractivity contribution is 7.21. The molecule has 0 saturated heterocycles. The molecule has 0 spiro atoms. The van der Waals surface area contributed by atoms with Crippen LogP contribution < -0.4 is 0 Å². The van der Waals surface area contributed by atoms with Crippen LogP contribution >= 0.6 is 11.3 Å². The maximum absolute atomic E-state index is 5.26. The third-order valence-corrected chi connectivity index (χ3v) is 13.5. The van der Waals surface area contributed by atoms with Gasteiger partial charge in [0, 0.05) is 38.7 Å². The van der Waals surface area contributed by atoms with Crippen LogP contribution in [0.15, 0.2) is 212 Å². The number of thiazole rings is 1. The molecule has 6 heteroatoms. The average Bonchev–Trinajstić information content (AvgIpc) is 3.96. The standard InChI is InChI=1S/C58H35N5S/c1-3-15-36(16-4-1)55-60-56(62-57(61-55)48-26-14-28-52-54(48)47-25-11-12-27-51(47)63(52)41-19-5-2-6-20-41)39-30-32-53-50(35-39)59-58(64-53)40-18-13-17-37(33-40)38-29-31-46-44-23-8-7-21-42(44)43-22-9-10-24-45(43)49(46)34-38/h1-35H. The predicted molar refractivity (Wildman–Crippen MR) is 267 cm³/mol. The molecule has 0 fully saturated rings. The first-order valence-electron chi connectivity index (χ1n) is 21.5. The van der Waals surface area contributed by atoms with Crippen LogP contribution in [-0.2, 0) is 0 Å². The highest BCUT2D eigenvalue weighted by Gasteiger charge is 2.20. The van der Waals surface area contributed by atoms with Crippen molar-refractivity contribution in [2.45, 2.75) is 0 Å². The highest BCUT2D eigenvalue weighted by Crippen LogP contribution is 2.41. The fourth-order valence-corrected chi connectivity index (χ4v) is 10.5. The number of benzene rings is 10. The fourth-order valence-electron chi connectivity index (χ4n) is 9.51. The van der Waals surface area contributed by atoms with Crippen LogP contribution in [0.3, 0.4) is 0 Å². The molecule has 0 unspecified atom stereocenters. The average molecular weight is 834 g/mol. The molecular weight excluding hydrogens is 799 g/mol. The largest absolute Gasteiger partial charge is 0.309 e. The van der Waals surface area contributed by atoms with Crippen molar-refractivity contribution in [3.8, 4) is 61.5 Å². The van der Waals surface area contributed by atoms with E-state index in [0.717, 1.165) is 70.5 Å². The van der Waals surface area contributed by atoms with Crippen molar-refractivity contribution in [2.24, 2.45) is 0 Å². The molecule has 10 aromatic carbocycles. The number of hydrogen-bond donors (Lipinski definition) is 0. The van der Waals surface area contributed by atoms with E-state index >= 15 is 0 Å². The van der Waals surface area contributed by atoms with E-state index in [9.17, 15) is 0 Å².